The highest BCUT2D eigenvalue weighted by atomic mass is 35.5. The molecule has 1 aromatic carbocycles. The van der Waals surface area contributed by atoms with Crippen LogP contribution in [0.2, 0.25) is 5.02 Å². The number of piperidine rings is 1. The lowest BCUT2D eigenvalue weighted by atomic mass is 10.1. The molecule has 0 bridgehead atoms. The van der Waals surface area contributed by atoms with Crippen molar-refractivity contribution in [2.45, 2.75) is 25.3 Å². The number of rotatable bonds is 3. The van der Waals surface area contributed by atoms with Gasteiger partial charge in [-0.3, -0.25) is 4.79 Å². The number of carbonyl (C=O) groups excluding carboxylic acids is 1. The first-order valence-electron chi connectivity index (χ1n) is 6.71. The smallest absolute Gasteiger partial charge is 0.243 e. The summed E-state index contributed by atoms with van der Waals surface area (Å²) >= 11 is 12.1. The van der Waals surface area contributed by atoms with Crippen molar-refractivity contribution in [3.63, 3.8) is 0 Å². The van der Waals surface area contributed by atoms with Crippen LogP contribution in [0, 0.1) is 0 Å². The first-order valence-corrected chi connectivity index (χ1v) is 7.62. The number of imidazole rings is 1. The van der Waals surface area contributed by atoms with E-state index in [1.54, 1.807) is 0 Å². The highest BCUT2D eigenvalue weighted by molar-refractivity contribution is 6.34. The van der Waals surface area contributed by atoms with E-state index >= 15 is 0 Å². The number of nitrogens with one attached hydrogen (secondary N) is 1. The fraction of sp³-hybridized carbons (Fsp3) is 0.429. The molecule has 3 rings (SSSR count). The Balaban J connectivity index is 2.18. The average molecular weight is 312 g/mol. The molecule has 0 spiro atoms. The van der Waals surface area contributed by atoms with Crippen LogP contribution in [0.25, 0.3) is 11.0 Å². The molecular formula is C14H15Cl2N3O. The van der Waals surface area contributed by atoms with Crippen LogP contribution in [0.3, 0.4) is 0 Å². The van der Waals surface area contributed by atoms with E-state index in [4.69, 9.17) is 23.2 Å². The lowest BCUT2D eigenvalue weighted by Crippen LogP contribution is -2.38. The summed E-state index contributed by atoms with van der Waals surface area (Å²) in [5.41, 5.74) is 1.65. The lowest BCUT2D eigenvalue weighted by Gasteiger charge is -2.25. The third-order valence-electron chi connectivity index (χ3n) is 3.63. The highest BCUT2D eigenvalue weighted by Crippen LogP contribution is 2.30. The minimum atomic E-state index is -0.217. The Bertz CT molecular complexity index is 653. The van der Waals surface area contributed by atoms with Gasteiger partial charge in [0, 0.05) is 18.8 Å². The van der Waals surface area contributed by atoms with Gasteiger partial charge < -0.3 is 9.88 Å². The van der Waals surface area contributed by atoms with Gasteiger partial charge in [0.15, 0.2) is 0 Å². The molecule has 1 N–H and O–H groups in total. The number of hydrogen-bond acceptors (Lipinski definition) is 2. The predicted octanol–water partition coefficient (Wildman–Crippen LogP) is 2.92. The number of aryl methyl sites for hydroxylation is 1. The van der Waals surface area contributed by atoms with Crippen LogP contribution in [0.1, 0.15) is 24.7 Å². The van der Waals surface area contributed by atoms with Gasteiger partial charge >= 0.3 is 0 Å². The van der Waals surface area contributed by atoms with Crippen LogP contribution in [-0.4, -0.2) is 27.9 Å². The van der Waals surface area contributed by atoms with Gasteiger partial charge in [-0.2, -0.15) is 0 Å². The molecule has 1 amide bonds. The minimum absolute atomic E-state index is 0.0475. The number of hydrogen-bond donors (Lipinski definition) is 1. The molecule has 6 heteroatoms. The topological polar surface area (TPSA) is 46.9 Å². The van der Waals surface area contributed by atoms with Crippen molar-refractivity contribution < 1.29 is 4.79 Å². The summed E-state index contributed by atoms with van der Waals surface area (Å²) in [5.74, 6) is 1.34. The lowest BCUT2D eigenvalue weighted by molar-refractivity contribution is -0.125. The minimum Gasteiger partial charge on any atom is -0.354 e. The summed E-state index contributed by atoms with van der Waals surface area (Å²) in [4.78, 5) is 16.7. The van der Waals surface area contributed by atoms with Gasteiger partial charge in [0.2, 0.25) is 5.91 Å². The molecule has 0 radical (unpaired) electrons. The molecule has 1 atom stereocenters. The molecule has 0 aliphatic carbocycles. The molecule has 2 heterocycles. The molecule has 0 saturated carbocycles. The molecule has 1 saturated heterocycles. The summed E-state index contributed by atoms with van der Waals surface area (Å²) in [6.45, 7) is 0.744. The Morgan fingerprint density at radius 2 is 2.30 bits per heavy atom. The molecule has 1 aliphatic heterocycles. The molecular weight excluding hydrogens is 297 g/mol. The first-order chi connectivity index (χ1) is 9.72. The Morgan fingerprint density at radius 3 is 3.05 bits per heavy atom. The SMILES string of the molecule is O=C1NCCCC1n1c(CCCl)nc2c(Cl)cccc21. The second-order valence-electron chi connectivity index (χ2n) is 4.89. The third-order valence-corrected chi connectivity index (χ3v) is 4.12. The van der Waals surface area contributed by atoms with Crippen LogP contribution in [-0.2, 0) is 11.2 Å². The van der Waals surface area contributed by atoms with Crippen molar-refractivity contribution in [3.8, 4) is 0 Å². The van der Waals surface area contributed by atoms with E-state index in [9.17, 15) is 4.79 Å². The molecule has 106 valence electrons. The monoisotopic (exact) mass is 311 g/mol. The second-order valence-corrected chi connectivity index (χ2v) is 5.68. The van der Waals surface area contributed by atoms with Gasteiger partial charge in [0.05, 0.1) is 10.5 Å². The maximum absolute atomic E-state index is 12.2. The number of amides is 1. The van der Waals surface area contributed by atoms with Gasteiger partial charge in [0.1, 0.15) is 17.4 Å². The number of nitrogens with zero attached hydrogens (tertiary/aromatic N) is 2. The van der Waals surface area contributed by atoms with Gasteiger partial charge in [-0.15, -0.1) is 11.6 Å². The van der Waals surface area contributed by atoms with E-state index in [1.807, 2.05) is 22.8 Å². The van der Waals surface area contributed by atoms with E-state index in [0.29, 0.717) is 17.3 Å². The summed E-state index contributed by atoms with van der Waals surface area (Å²) in [7, 11) is 0. The summed E-state index contributed by atoms with van der Waals surface area (Å²) in [6, 6.07) is 5.43. The number of alkyl halides is 1. The third kappa shape index (κ3) is 2.27. The van der Waals surface area contributed by atoms with E-state index in [1.165, 1.54) is 0 Å². The second kappa shape index (κ2) is 5.62. The van der Waals surface area contributed by atoms with Gasteiger partial charge in [-0.25, -0.2) is 4.98 Å². The van der Waals surface area contributed by atoms with Crippen LogP contribution < -0.4 is 5.32 Å². The molecule has 2 aromatic rings. The largest absolute Gasteiger partial charge is 0.354 e. The number of benzene rings is 1. The van der Waals surface area contributed by atoms with E-state index < -0.39 is 0 Å². The fourth-order valence-corrected chi connectivity index (χ4v) is 3.12. The maximum atomic E-state index is 12.2. The van der Waals surface area contributed by atoms with E-state index in [2.05, 4.69) is 10.3 Å². The first kappa shape index (κ1) is 13.7. The predicted molar refractivity (Wildman–Crippen MR) is 80.4 cm³/mol. The van der Waals surface area contributed by atoms with Crippen molar-refractivity contribution in [2.75, 3.05) is 12.4 Å². The Morgan fingerprint density at radius 1 is 1.45 bits per heavy atom. The van der Waals surface area contributed by atoms with Crippen molar-refractivity contribution in [3.05, 3.63) is 29.0 Å². The molecule has 4 nitrogen and oxygen atoms in total. The molecule has 1 aromatic heterocycles. The maximum Gasteiger partial charge on any atom is 0.243 e. The van der Waals surface area contributed by atoms with Gasteiger partial charge in [-0.1, -0.05) is 17.7 Å². The molecule has 1 aliphatic rings. The number of para-hydroxylation sites is 1. The quantitative estimate of drug-likeness (QED) is 0.886. The van der Waals surface area contributed by atoms with Crippen LogP contribution in [0.4, 0.5) is 0 Å². The van der Waals surface area contributed by atoms with Crippen LogP contribution in [0.15, 0.2) is 18.2 Å². The van der Waals surface area contributed by atoms with Crippen molar-refractivity contribution in [1.29, 1.82) is 0 Å². The summed E-state index contributed by atoms with van der Waals surface area (Å²) < 4.78 is 2.00. The summed E-state index contributed by atoms with van der Waals surface area (Å²) in [6.07, 6.45) is 2.41. The molecule has 1 unspecified atom stereocenters. The normalized spacial score (nSPS) is 19.3. The number of aromatic nitrogens is 2. The zero-order valence-corrected chi connectivity index (χ0v) is 12.4. The molecule has 1 fully saturated rings. The van der Waals surface area contributed by atoms with Crippen molar-refractivity contribution in [2.24, 2.45) is 0 Å². The van der Waals surface area contributed by atoms with E-state index in [-0.39, 0.29) is 11.9 Å². The van der Waals surface area contributed by atoms with Crippen molar-refractivity contribution in [1.82, 2.24) is 14.9 Å². The van der Waals surface area contributed by atoms with Crippen molar-refractivity contribution >= 4 is 40.1 Å². The average Bonchev–Trinajstić information content (AvgIpc) is 2.80. The van der Waals surface area contributed by atoms with Gasteiger partial charge in [0.25, 0.3) is 0 Å². The van der Waals surface area contributed by atoms with E-state index in [0.717, 1.165) is 36.2 Å². The Labute approximate surface area is 127 Å². The van der Waals surface area contributed by atoms with Crippen LogP contribution in [0.5, 0.6) is 0 Å². The number of carbonyl (C=O) groups is 1. The highest BCUT2D eigenvalue weighted by Gasteiger charge is 2.27. The number of fused-ring (bicyclic) bond motifs is 1. The number of halogens is 2. The standard InChI is InChI=1S/C14H15Cl2N3O/c15-7-6-12-18-13-9(16)3-1-4-10(13)19(12)11-5-2-8-17-14(11)20/h1,3-4,11H,2,5-8H2,(H,17,20). The Kier molecular flexibility index (Phi) is 3.85. The zero-order chi connectivity index (χ0) is 14.1. The Hall–Kier alpha value is -1.26. The van der Waals surface area contributed by atoms with Gasteiger partial charge in [-0.05, 0) is 25.0 Å². The zero-order valence-electron chi connectivity index (χ0n) is 10.9. The van der Waals surface area contributed by atoms with Crippen LogP contribution >= 0.6 is 23.2 Å². The summed E-state index contributed by atoms with van der Waals surface area (Å²) in [5, 5.41) is 3.52. The fourth-order valence-electron chi connectivity index (χ4n) is 2.74. The molecule has 20 heavy (non-hydrogen) atoms.